The van der Waals surface area contributed by atoms with Crippen LogP contribution in [0.5, 0.6) is 0 Å². The summed E-state index contributed by atoms with van der Waals surface area (Å²) >= 11 is 0. The molecular weight excluding hydrogens is 386 g/mol. The molecular formula is C22H27N3O3S. The number of rotatable bonds is 5. The highest BCUT2D eigenvalue weighted by Crippen LogP contribution is 2.37. The van der Waals surface area contributed by atoms with E-state index < -0.39 is 10.0 Å². The quantitative estimate of drug-likeness (QED) is 0.789. The number of nitrogens with zero attached hydrogens (tertiary/aromatic N) is 1. The zero-order valence-electron chi connectivity index (χ0n) is 16.3. The lowest BCUT2D eigenvalue weighted by atomic mass is 9.90. The van der Waals surface area contributed by atoms with Gasteiger partial charge in [0.05, 0.1) is 16.9 Å². The van der Waals surface area contributed by atoms with Crippen LogP contribution in [0.1, 0.15) is 30.9 Å². The molecule has 0 spiro atoms. The predicted octanol–water partition coefficient (Wildman–Crippen LogP) is 2.31. The number of piperidine rings is 1. The van der Waals surface area contributed by atoms with Gasteiger partial charge in [0.1, 0.15) is 0 Å². The Morgan fingerprint density at radius 3 is 2.31 bits per heavy atom. The van der Waals surface area contributed by atoms with Gasteiger partial charge in [-0.3, -0.25) is 4.79 Å². The van der Waals surface area contributed by atoms with E-state index in [0.29, 0.717) is 12.8 Å². The zero-order valence-corrected chi connectivity index (χ0v) is 17.1. The van der Waals surface area contributed by atoms with Gasteiger partial charge in [-0.2, -0.15) is 4.31 Å². The van der Waals surface area contributed by atoms with Gasteiger partial charge in [-0.15, -0.1) is 0 Å². The Morgan fingerprint density at radius 1 is 0.966 bits per heavy atom. The van der Waals surface area contributed by atoms with Crippen LogP contribution in [0.15, 0.2) is 65.6 Å². The maximum absolute atomic E-state index is 13.5. The van der Waals surface area contributed by atoms with Gasteiger partial charge in [0.2, 0.25) is 15.9 Å². The molecule has 29 heavy (non-hydrogen) atoms. The van der Waals surface area contributed by atoms with E-state index in [1.165, 1.54) is 4.31 Å². The van der Waals surface area contributed by atoms with Gasteiger partial charge in [0.15, 0.2) is 0 Å². The summed E-state index contributed by atoms with van der Waals surface area (Å²) in [5.74, 6) is -0.382. The van der Waals surface area contributed by atoms with Crippen molar-refractivity contribution < 1.29 is 13.2 Å². The summed E-state index contributed by atoms with van der Waals surface area (Å²) in [6.45, 7) is 1.88. The minimum absolute atomic E-state index is 0.0431. The summed E-state index contributed by atoms with van der Waals surface area (Å²) in [6.07, 6.45) is 2.21. The molecule has 2 aromatic rings. The first kappa shape index (κ1) is 20.1. The molecule has 0 saturated carbocycles. The number of hydrogen-bond acceptors (Lipinski definition) is 4. The smallest absolute Gasteiger partial charge is 0.243 e. The first-order chi connectivity index (χ1) is 14.1. The molecule has 7 heteroatoms. The van der Waals surface area contributed by atoms with E-state index in [-0.39, 0.29) is 35.3 Å². The molecule has 0 aliphatic carbocycles. The maximum Gasteiger partial charge on any atom is 0.243 e. The van der Waals surface area contributed by atoms with Gasteiger partial charge in [-0.05, 0) is 43.5 Å². The molecule has 154 valence electrons. The van der Waals surface area contributed by atoms with Crippen molar-refractivity contribution in [3.05, 3.63) is 66.2 Å². The average molecular weight is 414 g/mol. The van der Waals surface area contributed by atoms with Crippen LogP contribution < -0.4 is 10.6 Å². The summed E-state index contributed by atoms with van der Waals surface area (Å²) in [5, 5.41) is 6.33. The summed E-state index contributed by atoms with van der Waals surface area (Å²) in [6, 6.07) is 18.1. The molecule has 0 bridgehead atoms. The second-order valence-electron chi connectivity index (χ2n) is 7.79. The lowest BCUT2D eigenvalue weighted by molar-refractivity contribution is -0.127. The van der Waals surface area contributed by atoms with E-state index in [9.17, 15) is 13.2 Å². The molecule has 2 aliphatic rings. The Morgan fingerprint density at radius 2 is 1.66 bits per heavy atom. The molecule has 2 saturated heterocycles. The van der Waals surface area contributed by atoms with E-state index in [0.717, 1.165) is 25.1 Å². The Bertz CT molecular complexity index is 928. The summed E-state index contributed by atoms with van der Waals surface area (Å²) in [5.41, 5.74) is 0.964. The number of nitrogens with one attached hydrogen (secondary N) is 2. The number of carbonyl (C=O) groups is 1. The van der Waals surface area contributed by atoms with Crippen LogP contribution in [0.2, 0.25) is 0 Å². The highest BCUT2D eigenvalue weighted by Gasteiger charge is 2.40. The molecule has 1 amide bonds. The van der Waals surface area contributed by atoms with Crippen LogP contribution in [0.4, 0.5) is 0 Å². The van der Waals surface area contributed by atoms with Crippen molar-refractivity contribution in [2.24, 2.45) is 5.92 Å². The predicted molar refractivity (Wildman–Crippen MR) is 112 cm³/mol. The van der Waals surface area contributed by atoms with Crippen molar-refractivity contribution in [1.29, 1.82) is 0 Å². The summed E-state index contributed by atoms with van der Waals surface area (Å²) in [7, 11) is -3.71. The van der Waals surface area contributed by atoms with Gasteiger partial charge in [0, 0.05) is 19.1 Å². The number of sulfonamides is 1. The van der Waals surface area contributed by atoms with Crippen molar-refractivity contribution in [3.8, 4) is 0 Å². The fourth-order valence-corrected chi connectivity index (χ4v) is 5.96. The number of benzene rings is 2. The van der Waals surface area contributed by atoms with Crippen molar-refractivity contribution in [3.63, 3.8) is 0 Å². The van der Waals surface area contributed by atoms with Gasteiger partial charge in [-0.1, -0.05) is 48.5 Å². The third-order valence-electron chi connectivity index (χ3n) is 5.85. The molecule has 4 rings (SSSR count). The summed E-state index contributed by atoms with van der Waals surface area (Å²) in [4.78, 5) is 13.1. The second-order valence-corrected chi connectivity index (χ2v) is 9.68. The van der Waals surface area contributed by atoms with Crippen molar-refractivity contribution in [2.75, 3.05) is 19.6 Å². The molecule has 0 radical (unpaired) electrons. The summed E-state index contributed by atoms with van der Waals surface area (Å²) < 4.78 is 28.5. The van der Waals surface area contributed by atoms with Crippen LogP contribution in [-0.4, -0.2) is 44.3 Å². The molecule has 2 N–H and O–H groups in total. The minimum Gasteiger partial charge on any atom is -0.352 e. The zero-order chi connectivity index (χ0) is 20.3. The Hall–Kier alpha value is -2.22. The van der Waals surface area contributed by atoms with Gasteiger partial charge < -0.3 is 10.6 Å². The Labute approximate surface area is 172 Å². The van der Waals surface area contributed by atoms with E-state index in [2.05, 4.69) is 10.6 Å². The highest BCUT2D eigenvalue weighted by molar-refractivity contribution is 7.89. The largest absolute Gasteiger partial charge is 0.352 e. The fourth-order valence-electron chi connectivity index (χ4n) is 4.25. The van der Waals surface area contributed by atoms with Gasteiger partial charge >= 0.3 is 0 Å². The number of hydrogen-bond donors (Lipinski definition) is 2. The molecule has 2 aliphatic heterocycles. The van der Waals surface area contributed by atoms with E-state index >= 15 is 0 Å². The van der Waals surface area contributed by atoms with Crippen LogP contribution in [0.25, 0.3) is 0 Å². The monoisotopic (exact) mass is 413 g/mol. The first-order valence-corrected chi connectivity index (χ1v) is 11.6. The van der Waals surface area contributed by atoms with Crippen LogP contribution in [-0.2, 0) is 14.8 Å². The first-order valence-electron chi connectivity index (χ1n) is 10.2. The van der Waals surface area contributed by atoms with Crippen molar-refractivity contribution in [1.82, 2.24) is 14.9 Å². The lowest BCUT2D eigenvalue weighted by Gasteiger charge is -2.38. The minimum atomic E-state index is -3.71. The number of carbonyl (C=O) groups excluding carboxylic acids is 1. The standard InChI is InChI=1S/C22H27N3O3S/c26-22(24-19-13-14-23-15-19)18-11-12-21(17-7-3-1-4-8-17)25(16-18)29(27,28)20-9-5-2-6-10-20/h1-10,18-19,21,23H,11-16H2,(H,24,26). The molecule has 0 aromatic heterocycles. The normalized spacial score (nSPS) is 25.6. The average Bonchev–Trinajstić information content (AvgIpc) is 3.27. The molecule has 6 nitrogen and oxygen atoms in total. The maximum atomic E-state index is 13.5. The van der Waals surface area contributed by atoms with Crippen LogP contribution >= 0.6 is 0 Å². The Kier molecular flexibility index (Phi) is 5.99. The van der Waals surface area contributed by atoms with Crippen LogP contribution in [0.3, 0.4) is 0 Å². The second kappa shape index (κ2) is 8.65. The molecule has 3 unspecified atom stereocenters. The third kappa shape index (κ3) is 4.37. The third-order valence-corrected chi connectivity index (χ3v) is 7.74. The lowest BCUT2D eigenvalue weighted by Crippen LogP contribution is -2.49. The fraction of sp³-hybridized carbons (Fsp3) is 0.409. The molecule has 2 heterocycles. The van der Waals surface area contributed by atoms with E-state index in [4.69, 9.17) is 0 Å². The SMILES string of the molecule is O=C(NC1CCNC1)C1CCC(c2ccccc2)N(S(=O)(=O)c2ccccc2)C1. The van der Waals surface area contributed by atoms with Crippen LogP contribution in [0, 0.1) is 5.92 Å². The number of amides is 1. The van der Waals surface area contributed by atoms with Crippen molar-refractivity contribution >= 4 is 15.9 Å². The molecule has 3 atom stereocenters. The Balaban J connectivity index is 1.61. The van der Waals surface area contributed by atoms with Crippen molar-refractivity contribution in [2.45, 2.75) is 36.2 Å². The van der Waals surface area contributed by atoms with Gasteiger partial charge in [-0.25, -0.2) is 8.42 Å². The molecule has 2 fully saturated rings. The molecule has 2 aromatic carbocycles. The highest BCUT2D eigenvalue weighted by atomic mass is 32.2. The van der Waals surface area contributed by atoms with Gasteiger partial charge in [0.25, 0.3) is 0 Å². The van der Waals surface area contributed by atoms with E-state index in [1.807, 2.05) is 30.3 Å². The van der Waals surface area contributed by atoms with E-state index in [1.54, 1.807) is 30.3 Å². The topological polar surface area (TPSA) is 78.5 Å².